The number of fused-ring (bicyclic) bond motifs is 1. The van der Waals surface area contributed by atoms with Gasteiger partial charge in [0.1, 0.15) is 0 Å². The first kappa shape index (κ1) is 15.6. The van der Waals surface area contributed by atoms with E-state index in [0.717, 1.165) is 24.8 Å². The maximum absolute atomic E-state index is 12.2. The average molecular weight is 338 g/mol. The van der Waals surface area contributed by atoms with E-state index in [0.29, 0.717) is 11.4 Å². The van der Waals surface area contributed by atoms with Gasteiger partial charge in [0, 0.05) is 16.9 Å². The molecule has 0 aromatic heterocycles. The monoisotopic (exact) mass is 337 g/mol. The van der Waals surface area contributed by atoms with Crippen molar-refractivity contribution in [3.8, 4) is 0 Å². The Balaban J connectivity index is 1.89. The number of hydrogen-bond donors (Lipinski definition) is 1. The minimum Gasteiger partial charge on any atom is -0.351 e. The van der Waals surface area contributed by atoms with Gasteiger partial charge in [0.2, 0.25) is 0 Å². The third kappa shape index (κ3) is 4.34. The largest absolute Gasteiger partial charge is 0.351 e. The van der Waals surface area contributed by atoms with Gasteiger partial charge in [0.05, 0.1) is 0 Å². The van der Waals surface area contributed by atoms with Crippen LogP contribution in [0.2, 0.25) is 0 Å². The number of hydrogen-bond acceptors (Lipinski definition) is 1. The molecule has 0 fully saturated rings. The van der Waals surface area contributed by atoms with Crippen LogP contribution in [-0.2, 0) is 12.8 Å². The van der Waals surface area contributed by atoms with Crippen molar-refractivity contribution < 1.29 is 4.79 Å². The third-order valence-corrected chi connectivity index (χ3v) is 4.33. The van der Waals surface area contributed by atoms with E-state index in [1.807, 2.05) is 6.07 Å². The molecule has 1 unspecified atom stereocenters. The van der Waals surface area contributed by atoms with Gasteiger partial charge in [-0.1, -0.05) is 42.8 Å². The number of nitrogens with one attached hydrogen (secondary N) is 1. The van der Waals surface area contributed by atoms with Crippen LogP contribution in [0.25, 0.3) is 0 Å². The van der Waals surface area contributed by atoms with Gasteiger partial charge in [-0.05, 0) is 54.4 Å². The number of alkyl halides is 1. The fourth-order valence-corrected chi connectivity index (χ4v) is 3.89. The van der Waals surface area contributed by atoms with Gasteiger partial charge >= 0.3 is 0 Å². The fourth-order valence-electron chi connectivity index (χ4n) is 2.76. The third-order valence-electron chi connectivity index (χ3n) is 3.68. The van der Waals surface area contributed by atoms with E-state index in [4.69, 9.17) is 0 Å². The van der Waals surface area contributed by atoms with Gasteiger partial charge in [0.25, 0.3) is 5.91 Å². The predicted molar refractivity (Wildman–Crippen MR) is 87.6 cm³/mol. The Kier molecular flexibility index (Phi) is 4.90. The molecule has 0 aliphatic heterocycles. The molecule has 0 bridgehead atoms. The molecule has 1 atom stereocenters. The zero-order valence-corrected chi connectivity index (χ0v) is 14.2. The zero-order chi connectivity index (χ0) is 14.8. The molecule has 1 aliphatic rings. The molecule has 20 heavy (non-hydrogen) atoms. The van der Waals surface area contributed by atoms with E-state index in [2.05, 4.69) is 54.2 Å². The van der Waals surface area contributed by atoms with Crippen LogP contribution >= 0.6 is 15.9 Å². The lowest BCUT2D eigenvalue weighted by Gasteiger charge is -2.22. The maximum Gasteiger partial charge on any atom is 0.251 e. The lowest BCUT2D eigenvalue weighted by Crippen LogP contribution is -2.31. The van der Waals surface area contributed by atoms with Crippen molar-refractivity contribution >= 4 is 21.8 Å². The first-order valence-corrected chi connectivity index (χ1v) is 8.31. The summed E-state index contributed by atoms with van der Waals surface area (Å²) in [5.74, 6) is 0.0399. The maximum atomic E-state index is 12.2. The molecule has 1 aromatic rings. The lowest BCUT2D eigenvalue weighted by atomic mass is 9.90. The van der Waals surface area contributed by atoms with Crippen LogP contribution in [-0.4, -0.2) is 17.3 Å². The van der Waals surface area contributed by atoms with Crippen molar-refractivity contribution in [3.63, 3.8) is 0 Å². The minimum absolute atomic E-state index is 0.0399. The fraction of sp³-hybridized carbons (Fsp3) is 0.588. The Bertz CT molecular complexity index is 490. The van der Waals surface area contributed by atoms with E-state index in [1.165, 1.54) is 17.5 Å². The molecular weight excluding hydrogens is 314 g/mol. The van der Waals surface area contributed by atoms with E-state index < -0.39 is 0 Å². The Labute approximate surface area is 130 Å². The molecule has 0 spiro atoms. The van der Waals surface area contributed by atoms with Crippen LogP contribution in [0.1, 0.15) is 55.1 Å². The summed E-state index contributed by atoms with van der Waals surface area (Å²) in [4.78, 5) is 12.5. The van der Waals surface area contributed by atoms with Gasteiger partial charge in [-0.2, -0.15) is 0 Å². The SMILES string of the molecule is CC(C)(C)CC(Br)CNC(=O)c1ccc2c(c1)CCC2. The normalized spacial score (nSPS) is 15.8. The van der Waals surface area contributed by atoms with Crippen LogP contribution in [0.4, 0.5) is 0 Å². The van der Waals surface area contributed by atoms with Gasteiger partial charge < -0.3 is 5.32 Å². The highest BCUT2D eigenvalue weighted by atomic mass is 79.9. The zero-order valence-electron chi connectivity index (χ0n) is 12.6. The minimum atomic E-state index is 0.0399. The topological polar surface area (TPSA) is 29.1 Å². The Morgan fingerprint density at radius 1 is 1.30 bits per heavy atom. The van der Waals surface area contributed by atoms with E-state index >= 15 is 0 Å². The van der Waals surface area contributed by atoms with Crippen LogP contribution in [0.15, 0.2) is 18.2 Å². The smallest absolute Gasteiger partial charge is 0.251 e. The van der Waals surface area contributed by atoms with E-state index in [-0.39, 0.29) is 11.3 Å². The second kappa shape index (κ2) is 6.30. The Morgan fingerprint density at radius 3 is 2.70 bits per heavy atom. The van der Waals surface area contributed by atoms with Crippen molar-refractivity contribution in [1.82, 2.24) is 5.32 Å². The summed E-state index contributed by atoms with van der Waals surface area (Å²) in [6, 6.07) is 6.12. The van der Waals surface area contributed by atoms with Crippen LogP contribution < -0.4 is 5.32 Å². The number of aryl methyl sites for hydroxylation is 2. The molecular formula is C17H24BrNO. The number of benzene rings is 1. The first-order chi connectivity index (χ1) is 9.35. The van der Waals surface area contributed by atoms with Gasteiger partial charge in [-0.25, -0.2) is 0 Å². The standard InChI is InChI=1S/C17H24BrNO/c1-17(2,3)10-15(18)11-19-16(20)14-8-7-12-5-4-6-13(12)9-14/h7-9,15H,4-6,10-11H2,1-3H3,(H,19,20). The van der Waals surface area contributed by atoms with Crippen molar-refractivity contribution in [2.45, 2.75) is 51.3 Å². The van der Waals surface area contributed by atoms with Crippen molar-refractivity contribution in [2.75, 3.05) is 6.54 Å². The average Bonchev–Trinajstić information content (AvgIpc) is 2.80. The van der Waals surface area contributed by atoms with Gasteiger partial charge in [0.15, 0.2) is 0 Å². The molecule has 2 nitrogen and oxygen atoms in total. The van der Waals surface area contributed by atoms with Gasteiger partial charge in [-0.3, -0.25) is 4.79 Å². The van der Waals surface area contributed by atoms with Crippen molar-refractivity contribution in [1.29, 1.82) is 0 Å². The molecule has 1 aromatic carbocycles. The van der Waals surface area contributed by atoms with Crippen molar-refractivity contribution in [2.24, 2.45) is 5.41 Å². The van der Waals surface area contributed by atoms with Crippen LogP contribution in [0, 0.1) is 5.41 Å². The molecule has 2 rings (SSSR count). The summed E-state index contributed by atoms with van der Waals surface area (Å²) < 4.78 is 0. The second-order valence-electron chi connectivity index (χ2n) is 6.91. The number of carbonyl (C=O) groups excluding carboxylic acids is 1. The predicted octanol–water partition coefficient (Wildman–Crippen LogP) is 4.10. The number of halogens is 1. The molecule has 3 heteroatoms. The quantitative estimate of drug-likeness (QED) is 0.823. The molecule has 110 valence electrons. The highest BCUT2D eigenvalue weighted by Gasteiger charge is 2.18. The molecule has 0 saturated heterocycles. The molecule has 0 radical (unpaired) electrons. The Morgan fingerprint density at radius 2 is 2.00 bits per heavy atom. The number of amides is 1. The van der Waals surface area contributed by atoms with Gasteiger partial charge in [-0.15, -0.1) is 0 Å². The molecule has 1 N–H and O–H groups in total. The molecule has 1 amide bonds. The number of rotatable bonds is 4. The van der Waals surface area contributed by atoms with E-state index in [9.17, 15) is 4.79 Å². The molecule has 1 aliphatic carbocycles. The summed E-state index contributed by atoms with van der Waals surface area (Å²) >= 11 is 3.65. The summed E-state index contributed by atoms with van der Waals surface area (Å²) in [7, 11) is 0. The highest BCUT2D eigenvalue weighted by molar-refractivity contribution is 9.09. The molecule has 0 heterocycles. The Hall–Kier alpha value is -0.830. The number of carbonyl (C=O) groups is 1. The summed E-state index contributed by atoms with van der Waals surface area (Å²) in [6.45, 7) is 7.31. The summed E-state index contributed by atoms with van der Waals surface area (Å²) in [5.41, 5.74) is 3.82. The summed E-state index contributed by atoms with van der Waals surface area (Å²) in [5, 5.41) is 3.03. The summed E-state index contributed by atoms with van der Waals surface area (Å²) in [6.07, 6.45) is 4.53. The van der Waals surface area contributed by atoms with Crippen LogP contribution in [0.3, 0.4) is 0 Å². The van der Waals surface area contributed by atoms with E-state index in [1.54, 1.807) is 0 Å². The lowest BCUT2D eigenvalue weighted by molar-refractivity contribution is 0.0952. The van der Waals surface area contributed by atoms with Crippen molar-refractivity contribution in [3.05, 3.63) is 34.9 Å². The van der Waals surface area contributed by atoms with Crippen LogP contribution in [0.5, 0.6) is 0 Å². The second-order valence-corrected chi connectivity index (χ2v) is 8.20. The first-order valence-electron chi connectivity index (χ1n) is 7.39. The molecule has 0 saturated carbocycles. The highest BCUT2D eigenvalue weighted by Crippen LogP contribution is 2.25.